The number of carbonyl (C=O) groups excluding carboxylic acids is 1. The Morgan fingerprint density at radius 2 is 1.59 bits per heavy atom. The lowest BCUT2D eigenvalue weighted by molar-refractivity contribution is -0.120. The van der Waals surface area contributed by atoms with Crippen LogP contribution >= 0.6 is 11.8 Å². The SMILES string of the molecule is CNC(=O)CC(Sc1ccccc1)[Si](C)(C)c1ccccc1. The van der Waals surface area contributed by atoms with Gasteiger partial charge in [0.1, 0.15) is 0 Å². The summed E-state index contributed by atoms with van der Waals surface area (Å²) in [6, 6.07) is 21.0. The fraction of sp³-hybridized carbons (Fsp3) is 0.278. The Bertz CT molecular complexity index is 601. The van der Waals surface area contributed by atoms with Crippen molar-refractivity contribution >= 4 is 30.9 Å². The molecule has 0 heterocycles. The van der Waals surface area contributed by atoms with Crippen LogP contribution in [-0.2, 0) is 4.79 Å². The number of benzene rings is 2. The maximum atomic E-state index is 12.0. The number of rotatable bonds is 6. The Labute approximate surface area is 138 Å². The summed E-state index contributed by atoms with van der Waals surface area (Å²) in [5.41, 5.74) is 0. The van der Waals surface area contributed by atoms with Gasteiger partial charge in [0.25, 0.3) is 0 Å². The summed E-state index contributed by atoms with van der Waals surface area (Å²) in [5.74, 6) is 0.116. The Kier molecular flexibility index (Phi) is 5.86. The molecule has 0 fully saturated rings. The lowest BCUT2D eigenvalue weighted by atomic mass is 10.4. The minimum absolute atomic E-state index is 0.116. The molecular formula is C18H23NOSSi. The third-order valence-electron chi connectivity index (χ3n) is 3.99. The van der Waals surface area contributed by atoms with Gasteiger partial charge in [0, 0.05) is 23.2 Å². The van der Waals surface area contributed by atoms with E-state index in [-0.39, 0.29) is 5.91 Å². The number of carbonyl (C=O) groups is 1. The quantitative estimate of drug-likeness (QED) is 0.650. The number of thioether (sulfide) groups is 1. The predicted molar refractivity (Wildman–Crippen MR) is 98.3 cm³/mol. The molecule has 0 bridgehead atoms. The third kappa shape index (κ3) is 4.24. The van der Waals surface area contributed by atoms with E-state index in [0.717, 1.165) is 0 Å². The van der Waals surface area contributed by atoms with Gasteiger partial charge < -0.3 is 5.32 Å². The average Bonchev–Trinajstić information content (AvgIpc) is 2.56. The summed E-state index contributed by atoms with van der Waals surface area (Å²) in [4.78, 5) is 13.5. The third-order valence-corrected chi connectivity index (χ3v) is 10.7. The van der Waals surface area contributed by atoms with Crippen molar-refractivity contribution in [2.24, 2.45) is 0 Å². The predicted octanol–water partition coefficient (Wildman–Crippen LogP) is 3.44. The minimum Gasteiger partial charge on any atom is -0.359 e. The molecule has 22 heavy (non-hydrogen) atoms. The normalized spacial score (nSPS) is 12.7. The van der Waals surface area contributed by atoms with Crippen molar-refractivity contribution in [3.05, 3.63) is 60.7 Å². The molecular weight excluding hydrogens is 306 g/mol. The van der Waals surface area contributed by atoms with E-state index in [0.29, 0.717) is 11.3 Å². The molecule has 0 aliphatic heterocycles. The van der Waals surface area contributed by atoms with Gasteiger partial charge in [0.05, 0.1) is 8.07 Å². The summed E-state index contributed by atoms with van der Waals surface area (Å²) < 4.78 is 0. The van der Waals surface area contributed by atoms with E-state index in [9.17, 15) is 4.79 Å². The van der Waals surface area contributed by atoms with E-state index in [4.69, 9.17) is 0 Å². The van der Waals surface area contributed by atoms with Crippen LogP contribution in [-0.4, -0.2) is 25.9 Å². The van der Waals surface area contributed by atoms with Crippen molar-refractivity contribution in [1.82, 2.24) is 5.32 Å². The molecule has 1 amide bonds. The molecule has 0 aromatic heterocycles. The van der Waals surface area contributed by atoms with Crippen molar-refractivity contribution in [1.29, 1.82) is 0 Å². The highest BCUT2D eigenvalue weighted by Gasteiger charge is 2.35. The van der Waals surface area contributed by atoms with Crippen LogP contribution in [0.4, 0.5) is 0 Å². The summed E-state index contributed by atoms with van der Waals surface area (Å²) in [6.07, 6.45) is 0.560. The summed E-state index contributed by atoms with van der Waals surface area (Å²) >= 11 is 1.84. The Morgan fingerprint density at radius 1 is 1.05 bits per heavy atom. The molecule has 116 valence electrons. The van der Waals surface area contributed by atoms with E-state index < -0.39 is 8.07 Å². The van der Waals surface area contributed by atoms with Crippen LogP contribution in [0.3, 0.4) is 0 Å². The highest BCUT2D eigenvalue weighted by Crippen LogP contribution is 2.31. The first kappa shape index (κ1) is 16.8. The van der Waals surface area contributed by atoms with Crippen molar-refractivity contribution in [3.63, 3.8) is 0 Å². The average molecular weight is 330 g/mol. The second-order valence-corrected chi connectivity index (χ2v) is 12.3. The molecule has 1 atom stereocenters. The Balaban J connectivity index is 2.28. The lowest BCUT2D eigenvalue weighted by Crippen LogP contribution is -2.52. The van der Waals surface area contributed by atoms with Crippen LogP contribution in [0.2, 0.25) is 13.1 Å². The smallest absolute Gasteiger partial charge is 0.220 e. The first-order valence-electron chi connectivity index (χ1n) is 7.52. The largest absolute Gasteiger partial charge is 0.359 e. The molecule has 2 aromatic rings. The summed E-state index contributed by atoms with van der Waals surface area (Å²) in [5, 5.41) is 4.17. The molecule has 4 heteroatoms. The second kappa shape index (κ2) is 7.65. The van der Waals surface area contributed by atoms with Gasteiger partial charge in [0.15, 0.2) is 0 Å². The van der Waals surface area contributed by atoms with Gasteiger partial charge in [0.2, 0.25) is 5.91 Å². The van der Waals surface area contributed by atoms with Gasteiger partial charge in [-0.2, -0.15) is 0 Å². The van der Waals surface area contributed by atoms with E-state index in [1.807, 2.05) is 23.9 Å². The van der Waals surface area contributed by atoms with Crippen LogP contribution in [0.5, 0.6) is 0 Å². The summed E-state index contributed by atoms with van der Waals surface area (Å²) in [6.45, 7) is 4.71. The van der Waals surface area contributed by atoms with E-state index in [1.165, 1.54) is 10.1 Å². The van der Waals surface area contributed by atoms with Gasteiger partial charge in [-0.15, -0.1) is 11.8 Å². The molecule has 0 spiro atoms. The van der Waals surface area contributed by atoms with Crippen LogP contribution in [0.1, 0.15) is 6.42 Å². The van der Waals surface area contributed by atoms with Gasteiger partial charge in [-0.1, -0.05) is 66.8 Å². The van der Waals surface area contributed by atoms with Crippen molar-refractivity contribution in [2.45, 2.75) is 29.3 Å². The van der Waals surface area contributed by atoms with Crippen LogP contribution in [0, 0.1) is 0 Å². The monoisotopic (exact) mass is 329 g/mol. The van der Waals surface area contributed by atoms with E-state index in [2.05, 4.69) is 66.9 Å². The molecule has 2 rings (SSSR count). The maximum Gasteiger partial charge on any atom is 0.220 e. The number of amides is 1. The molecule has 1 unspecified atom stereocenters. The Hall–Kier alpha value is -1.52. The Morgan fingerprint density at radius 3 is 2.14 bits per heavy atom. The first-order valence-corrected chi connectivity index (χ1v) is 11.5. The zero-order valence-electron chi connectivity index (χ0n) is 13.4. The molecule has 0 radical (unpaired) electrons. The minimum atomic E-state index is -1.77. The number of hydrogen-bond donors (Lipinski definition) is 1. The lowest BCUT2D eigenvalue weighted by Gasteiger charge is -2.32. The van der Waals surface area contributed by atoms with E-state index >= 15 is 0 Å². The standard InChI is InChI=1S/C18H23NOSSi/c1-19-17(20)14-18(21-15-10-6-4-7-11-15)22(2,3)16-12-8-5-9-13-16/h4-13,18H,14H2,1-3H3,(H,19,20). The topological polar surface area (TPSA) is 29.1 Å². The highest BCUT2D eigenvalue weighted by atomic mass is 32.2. The molecule has 2 nitrogen and oxygen atoms in total. The van der Waals surface area contributed by atoms with Crippen molar-refractivity contribution in [3.8, 4) is 0 Å². The van der Waals surface area contributed by atoms with Crippen LogP contribution in [0.25, 0.3) is 0 Å². The van der Waals surface area contributed by atoms with Crippen LogP contribution < -0.4 is 10.5 Å². The van der Waals surface area contributed by atoms with Crippen molar-refractivity contribution < 1.29 is 4.79 Å². The molecule has 2 aromatic carbocycles. The van der Waals surface area contributed by atoms with Gasteiger partial charge in [-0.25, -0.2) is 0 Å². The molecule has 0 saturated heterocycles. The fourth-order valence-electron chi connectivity index (χ4n) is 2.43. The van der Waals surface area contributed by atoms with Crippen LogP contribution in [0.15, 0.2) is 65.6 Å². The highest BCUT2D eigenvalue weighted by molar-refractivity contribution is 8.01. The zero-order chi connectivity index (χ0) is 16.0. The summed E-state index contributed by atoms with van der Waals surface area (Å²) in [7, 11) is -0.0566. The number of hydrogen-bond acceptors (Lipinski definition) is 2. The molecule has 0 saturated carbocycles. The zero-order valence-corrected chi connectivity index (χ0v) is 15.2. The molecule has 1 N–H and O–H groups in total. The van der Waals surface area contributed by atoms with E-state index in [1.54, 1.807) is 7.05 Å². The van der Waals surface area contributed by atoms with Crippen molar-refractivity contribution in [2.75, 3.05) is 7.05 Å². The van der Waals surface area contributed by atoms with Gasteiger partial charge >= 0.3 is 0 Å². The molecule has 0 aliphatic rings. The molecule has 0 aliphatic carbocycles. The maximum absolute atomic E-state index is 12.0. The fourth-order valence-corrected chi connectivity index (χ4v) is 7.42. The van der Waals surface area contributed by atoms with Gasteiger partial charge in [-0.05, 0) is 12.1 Å². The number of nitrogens with one attached hydrogen (secondary N) is 1. The first-order chi connectivity index (χ1) is 10.5. The van der Waals surface area contributed by atoms with Gasteiger partial charge in [-0.3, -0.25) is 4.79 Å². The second-order valence-electron chi connectivity index (χ2n) is 5.88.